The minimum atomic E-state index is -0.458. The van der Waals surface area contributed by atoms with E-state index in [1.54, 1.807) is 10.6 Å². The first-order valence-electron chi connectivity index (χ1n) is 11.3. The topological polar surface area (TPSA) is 110 Å². The number of benzene rings is 3. The maximum Gasteiger partial charge on any atom is 0.263 e. The van der Waals surface area contributed by atoms with E-state index in [0.29, 0.717) is 22.5 Å². The van der Waals surface area contributed by atoms with Crippen LogP contribution in [0.4, 0.5) is 16.0 Å². The Hall–Kier alpha value is -4.85. The standard InChI is InChI=1S/C28H23FN6O/c1-17-7-2-5-12-23(17)35-21(14-18-8-3-4-11-22(18)28(35)36)15-32-27-24(26(31)33-16-34-27)25(30)19-9-6-10-20(29)13-19/h2-14,16,30H,15H2,1H3,(H3,31,32,33,34). The van der Waals surface area contributed by atoms with E-state index >= 15 is 0 Å². The molecule has 0 radical (unpaired) electrons. The van der Waals surface area contributed by atoms with Gasteiger partial charge in [-0.3, -0.25) is 14.8 Å². The molecule has 0 spiro atoms. The fraction of sp³-hybridized carbons (Fsp3) is 0.0714. The van der Waals surface area contributed by atoms with Gasteiger partial charge in [-0.25, -0.2) is 14.4 Å². The smallest absolute Gasteiger partial charge is 0.263 e. The van der Waals surface area contributed by atoms with Crippen LogP contribution in [-0.4, -0.2) is 20.2 Å². The molecule has 4 N–H and O–H groups in total. The van der Waals surface area contributed by atoms with Gasteiger partial charge in [0.15, 0.2) is 0 Å². The van der Waals surface area contributed by atoms with Crippen LogP contribution in [0.3, 0.4) is 0 Å². The number of hydrogen-bond acceptors (Lipinski definition) is 6. The summed E-state index contributed by atoms with van der Waals surface area (Å²) in [6.07, 6.45) is 1.30. The summed E-state index contributed by atoms with van der Waals surface area (Å²) < 4.78 is 15.5. The van der Waals surface area contributed by atoms with Crippen molar-refractivity contribution in [1.29, 1.82) is 5.41 Å². The Morgan fingerprint density at radius 2 is 1.81 bits per heavy atom. The number of fused-ring (bicyclic) bond motifs is 1. The van der Waals surface area contributed by atoms with Gasteiger partial charge in [0.2, 0.25) is 0 Å². The summed E-state index contributed by atoms with van der Waals surface area (Å²) >= 11 is 0. The molecule has 3 aromatic carbocycles. The number of rotatable bonds is 6. The number of aromatic nitrogens is 3. The summed E-state index contributed by atoms with van der Waals surface area (Å²) in [5.74, 6) is -0.0501. The molecule has 0 aliphatic carbocycles. The zero-order valence-corrected chi connectivity index (χ0v) is 19.5. The summed E-state index contributed by atoms with van der Waals surface area (Å²) in [5, 5.41) is 13.3. The quantitative estimate of drug-likeness (QED) is 0.303. The van der Waals surface area contributed by atoms with Crippen molar-refractivity contribution in [2.24, 2.45) is 0 Å². The number of hydrogen-bond donors (Lipinski definition) is 3. The van der Waals surface area contributed by atoms with Crippen molar-refractivity contribution < 1.29 is 4.39 Å². The third-order valence-electron chi connectivity index (χ3n) is 6.04. The van der Waals surface area contributed by atoms with Crippen molar-refractivity contribution >= 4 is 28.1 Å². The Balaban J connectivity index is 1.59. The van der Waals surface area contributed by atoms with Gasteiger partial charge in [-0.15, -0.1) is 0 Å². The molecule has 5 rings (SSSR count). The Kier molecular flexibility index (Phi) is 6.00. The van der Waals surface area contributed by atoms with Gasteiger partial charge >= 0.3 is 0 Å². The van der Waals surface area contributed by atoms with Gasteiger partial charge in [-0.2, -0.15) is 0 Å². The number of nitrogens with zero attached hydrogens (tertiary/aromatic N) is 3. The maximum atomic E-state index is 13.8. The SMILES string of the molecule is Cc1ccccc1-n1c(CNc2ncnc(N)c2C(=N)c2cccc(F)c2)cc2ccccc2c1=O. The lowest BCUT2D eigenvalue weighted by atomic mass is 10.0. The lowest BCUT2D eigenvalue weighted by Gasteiger charge is -2.18. The van der Waals surface area contributed by atoms with Gasteiger partial charge in [0, 0.05) is 16.6 Å². The van der Waals surface area contributed by atoms with Crippen LogP contribution in [-0.2, 0) is 6.54 Å². The van der Waals surface area contributed by atoms with E-state index in [0.717, 1.165) is 16.6 Å². The highest BCUT2D eigenvalue weighted by Gasteiger charge is 2.18. The van der Waals surface area contributed by atoms with Crippen molar-refractivity contribution in [3.05, 3.63) is 124 Å². The second kappa shape index (κ2) is 9.42. The Morgan fingerprint density at radius 3 is 2.61 bits per heavy atom. The van der Waals surface area contributed by atoms with Crippen molar-refractivity contribution in [3.63, 3.8) is 0 Å². The molecular formula is C28H23FN6O. The van der Waals surface area contributed by atoms with Gasteiger partial charge in [-0.1, -0.05) is 48.5 Å². The molecule has 2 heterocycles. The number of nitrogens with two attached hydrogens (primary N) is 1. The maximum absolute atomic E-state index is 13.8. The lowest BCUT2D eigenvalue weighted by Crippen LogP contribution is -2.24. The lowest BCUT2D eigenvalue weighted by molar-refractivity contribution is 0.627. The van der Waals surface area contributed by atoms with Crippen LogP contribution in [0.1, 0.15) is 22.4 Å². The minimum absolute atomic E-state index is 0.00935. The molecule has 0 aliphatic rings. The molecular weight excluding hydrogens is 455 g/mol. The molecule has 2 aromatic heterocycles. The van der Waals surface area contributed by atoms with Gasteiger partial charge in [-0.05, 0) is 48.2 Å². The summed E-state index contributed by atoms with van der Waals surface area (Å²) in [4.78, 5) is 21.9. The normalized spacial score (nSPS) is 10.9. The number of aryl methyl sites for hydroxylation is 1. The van der Waals surface area contributed by atoms with Crippen LogP contribution in [0, 0.1) is 18.2 Å². The number of halogens is 1. The molecule has 0 fully saturated rings. The van der Waals surface area contributed by atoms with E-state index in [1.165, 1.54) is 24.5 Å². The monoisotopic (exact) mass is 478 g/mol. The van der Waals surface area contributed by atoms with E-state index in [2.05, 4.69) is 15.3 Å². The summed E-state index contributed by atoms with van der Waals surface area (Å²) in [7, 11) is 0. The Bertz CT molecular complexity index is 1680. The molecule has 36 heavy (non-hydrogen) atoms. The summed E-state index contributed by atoms with van der Waals surface area (Å²) in [6.45, 7) is 2.17. The first-order chi connectivity index (χ1) is 17.4. The van der Waals surface area contributed by atoms with Gasteiger partial charge < -0.3 is 11.1 Å². The number of para-hydroxylation sites is 1. The highest BCUT2D eigenvalue weighted by Crippen LogP contribution is 2.24. The predicted octanol–water partition coefficient (Wildman–Crippen LogP) is 4.84. The van der Waals surface area contributed by atoms with Crippen LogP contribution in [0.15, 0.2) is 90.0 Å². The van der Waals surface area contributed by atoms with Crippen LogP contribution in [0.25, 0.3) is 16.5 Å². The fourth-order valence-corrected chi connectivity index (χ4v) is 4.26. The van der Waals surface area contributed by atoms with Crippen LogP contribution in [0.2, 0.25) is 0 Å². The van der Waals surface area contributed by atoms with E-state index in [9.17, 15) is 9.18 Å². The van der Waals surface area contributed by atoms with Crippen molar-refractivity contribution in [1.82, 2.24) is 14.5 Å². The second-order valence-electron chi connectivity index (χ2n) is 8.37. The highest BCUT2D eigenvalue weighted by molar-refractivity contribution is 6.16. The molecule has 7 nitrogen and oxygen atoms in total. The number of nitrogen functional groups attached to an aromatic ring is 1. The molecule has 0 bridgehead atoms. The molecule has 0 atom stereocenters. The first kappa shape index (κ1) is 22.9. The minimum Gasteiger partial charge on any atom is -0.383 e. The van der Waals surface area contributed by atoms with E-state index < -0.39 is 5.82 Å². The average Bonchev–Trinajstić information content (AvgIpc) is 2.88. The van der Waals surface area contributed by atoms with E-state index in [4.69, 9.17) is 11.1 Å². The molecule has 0 unspecified atom stereocenters. The van der Waals surface area contributed by atoms with E-state index in [1.807, 2.05) is 61.5 Å². The summed E-state index contributed by atoms with van der Waals surface area (Å²) in [6, 6.07) is 22.8. The van der Waals surface area contributed by atoms with Crippen LogP contribution in [0.5, 0.6) is 0 Å². The Labute approximate surface area is 206 Å². The molecule has 8 heteroatoms. The molecule has 5 aromatic rings. The largest absolute Gasteiger partial charge is 0.383 e. The van der Waals surface area contributed by atoms with E-state index in [-0.39, 0.29) is 29.2 Å². The summed E-state index contributed by atoms with van der Waals surface area (Å²) in [5.41, 5.74) is 9.03. The number of nitrogens with one attached hydrogen (secondary N) is 2. The molecule has 0 amide bonds. The van der Waals surface area contributed by atoms with Gasteiger partial charge in [0.1, 0.15) is 23.8 Å². The third-order valence-corrected chi connectivity index (χ3v) is 6.04. The van der Waals surface area contributed by atoms with Crippen molar-refractivity contribution in [2.45, 2.75) is 13.5 Å². The zero-order chi connectivity index (χ0) is 25.2. The Morgan fingerprint density at radius 1 is 1.03 bits per heavy atom. The molecule has 0 saturated carbocycles. The van der Waals surface area contributed by atoms with Crippen molar-refractivity contribution in [3.8, 4) is 5.69 Å². The second-order valence-corrected chi connectivity index (χ2v) is 8.37. The first-order valence-corrected chi connectivity index (χ1v) is 11.3. The third kappa shape index (κ3) is 4.20. The number of pyridine rings is 1. The highest BCUT2D eigenvalue weighted by atomic mass is 19.1. The molecule has 0 aliphatic heterocycles. The van der Waals surface area contributed by atoms with Gasteiger partial charge in [0.25, 0.3) is 5.56 Å². The van der Waals surface area contributed by atoms with Gasteiger partial charge in [0.05, 0.1) is 23.5 Å². The zero-order valence-electron chi connectivity index (χ0n) is 19.5. The predicted molar refractivity (Wildman–Crippen MR) is 140 cm³/mol. The number of anilines is 2. The van der Waals surface area contributed by atoms with Crippen LogP contribution >= 0.6 is 0 Å². The molecule has 178 valence electrons. The molecule has 0 saturated heterocycles. The average molecular weight is 479 g/mol. The fourth-order valence-electron chi connectivity index (χ4n) is 4.26. The van der Waals surface area contributed by atoms with Crippen molar-refractivity contribution in [2.75, 3.05) is 11.1 Å². The van der Waals surface area contributed by atoms with Crippen LogP contribution < -0.4 is 16.6 Å².